The fourth-order valence-corrected chi connectivity index (χ4v) is 2.35. The van der Waals surface area contributed by atoms with Gasteiger partial charge in [0.05, 0.1) is 6.54 Å². The van der Waals surface area contributed by atoms with Crippen molar-refractivity contribution in [2.75, 3.05) is 20.1 Å². The molecule has 0 radical (unpaired) electrons. The van der Waals surface area contributed by atoms with E-state index in [-0.39, 0.29) is 11.9 Å². The number of rotatable bonds is 6. The molecule has 0 bridgehead atoms. The van der Waals surface area contributed by atoms with Gasteiger partial charge in [0.15, 0.2) is 0 Å². The summed E-state index contributed by atoms with van der Waals surface area (Å²) in [5.74, 6) is 0.940. The van der Waals surface area contributed by atoms with Crippen molar-refractivity contribution >= 4 is 5.91 Å². The van der Waals surface area contributed by atoms with Gasteiger partial charge in [0.2, 0.25) is 5.91 Å². The van der Waals surface area contributed by atoms with Gasteiger partial charge in [-0.25, -0.2) is 0 Å². The Morgan fingerprint density at radius 1 is 1.42 bits per heavy atom. The molecule has 1 fully saturated rings. The van der Waals surface area contributed by atoms with Gasteiger partial charge in [0.25, 0.3) is 0 Å². The third-order valence-corrected chi connectivity index (χ3v) is 3.87. The Balaban J connectivity index is 1.80. The zero-order valence-corrected chi connectivity index (χ0v) is 12.1. The van der Waals surface area contributed by atoms with Crippen LogP contribution < -0.4 is 5.32 Å². The molecule has 1 aliphatic carbocycles. The number of amides is 1. The van der Waals surface area contributed by atoms with Crippen LogP contribution in [0.5, 0.6) is 0 Å². The molecule has 1 aromatic rings. The summed E-state index contributed by atoms with van der Waals surface area (Å²) < 4.78 is 0. The topological polar surface area (TPSA) is 32.3 Å². The molecule has 3 nitrogen and oxygen atoms in total. The molecule has 1 amide bonds. The highest BCUT2D eigenvalue weighted by atomic mass is 16.2. The molecule has 0 spiro atoms. The Labute approximate surface area is 116 Å². The Hall–Kier alpha value is -1.35. The minimum atomic E-state index is 0.187. The van der Waals surface area contributed by atoms with E-state index in [9.17, 15) is 4.79 Å². The zero-order chi connectivity index (χ0) is 13.8. The van der Waals surface area contributed by atoms with Crippen LogP contribution >= 0.6 is 0 Å². The predicted molar refractivity (Wildman–Crippen MR) is 78.0 cm³/mol. The van der Waals surface area contributed by atoms with Crippen molar-refractivity contribution in [1.82, 2.24) is 10.2 Å². The van der Waals surface area contributed by atoms with Gasteiger partial charge < -0.3 is 10.2 Å². The quantitative estimate of drug-likeness (QED) is 0.852. The number of nitrogens with zero attached hydrogens (tertiary/aromatic N) is 1. The number of likely N-dealkylation sites (N-methyl/N-ethyl adjacent to an activating group) is 1. The molecule has 0 aliphatic heterocycles. The molecule has 1 unspecified atom stereocenters. The SMILES string of the molecule is Cc1ccccc1C(C)NCC(=O)N(C)CC1CC1. The summed E-state index contributed by atoms with van der Waals surface area (Å²) in [5.41, 5.74) is 2.53. The lowest BCUT2D eigenvalue weighted by Crippen LogP contribution is -2.37. The fraction of sp³-hybridized carbons (Fsp3) is 0.562. The van der Waals surface area contributed by atoms with E-state index in [1.807, 2.05) is 24.1 Å². The van der Waals surface area contributed by atoms with Crippen LogP contribution in [0.1, 0.15) is 36.9 Å². The minimum absolute atomic E-state index is 0.187. The number of benzene rings is 1. The lowest BCUT2D eigenvalue weighted by atomic mass is 10.0. The number of carbonyl (C=O) groups is 1. The molecule has 104 valence electrons. The van der Waals surface area contributed by atoms with E-state index < -0.39 is 0 Å². The van der Waals surface area contributed by atoms with Crippen molar-refractivity contribution in [2.24, 2.45) is 5.92 Å². The highest BCUT2D eigenvalue weighted by Gasteiger charge is 2.24. The number of hydrogen-bond donors (Lipinski definition) is 1. The lowest BCUT2D eigenvalue weighted by molar-refractivity contribution is -0.129. The van der Waals surface area contributed by atoms with Gasteiger partial charge in [-0.1, -0.05) is 24.3 Å². The second kappa shape index (κ2) is 6.20. The second-order valence-corrected chi connectivity index (χ2v) is 5.68. The fourth-order valence-electron chi connectivity index (χ4n) is 2.35. The Bertz CT molecular complexity index is 440. The molecule has 3 heteroatoms. The van der Waals surface area contributed by atoms with Crippen molar-refractivity contribution in [3.63, 3.8) is 0 Å². The summed E-state index contributed by atoms with van der Waals surface area (Å²) >= 11 is 0. The van der Waals surface area contributed by atoms with E-state index in [0.717, 1.165) is 12.5 Å². The Kier molecular flexibility index (Phi) is 4.59. The summed E-state index contributed by atoms with van der Waals surface area (Å²) in [6.07, 6.45) is 2.56. The van der Waals surface area contributed by atoms with Crippen molar-refractivity contribution < 1.29 is 4.79 Å². The van der Waals surface area contributed by atoms with Crippen LogP contribution in [0.2, 0.25) is 0 Å². The van der Waals surface area contributed by atoms with Gasteiger partial charge in [-0.05, 0) is 43.7 Å². The van der Waals surface area contributed by atoms with Gasteiger partial charge in [0, 0.05) is 19.6 Å². The van der Waals surface area contributed by atoms with Crippen LogP contribution in [0.25, 0.3) is 0 Å². The van der Waals surface area contributed by atoms with Gasteiger partial charge in [-0.15, -0.1) is 0 Å². The number of hydrogen-bond acceptors (Lipinski definition) is 2. The van der Waals surface area contributed by atoms with Crippen molar-refractivity contribution in [1.29, 1.82) is 0 Å². The molecule has 0 heterocycles. The van der Waals surface area contributed by atoms with Crippen LogP contribution in [-0.2, 0) is 4.79 Å². The molecule has 0 aromatic heterocycles. The molecule has 1 aromatic carbocycles. The average molecular weight is 260 g/mol. The summed E-state index contributed by atoms with van der Waals surface area (Å²) in [6.45, 7) is 5.54. The van der Waals surface area contributed by atoms with Crippen LogP contribution in [0, 0.1) is 12.8 Å². The van der Waals surface area contributed by atoms with Crippen molar-refractivity contribution in [2.45, 2.75) is 32.7 Å². The molecule has 19 heavy (non-hydrogen) atoms. The Morgan fingerprint density at radius 2 is 2.11 bits per heavy atom. The predicted octanol–water partition coefficient (Wildman–Crippen LogP) is 2.51. The van der Waals surface area contributed by atoms with E-state index in [0.29, 0.717) is 6.54 Å². The molecule has 1 N–H and O–H groups in total. The number of carbonyl (C=O) groups excluding carboxylic acids is 1. The third kappa shape index (κ3) is 4.06. The maximum atomic E-state index is 12.0. The largest absolute Gasteiger partial charge is 0.344 e. The van der Waals surface area contributed by atoms with Crippen LogP contribution in [-0.4, -0.2) is 30.9 Å². The van der Waals surface area contributed by atoms with Gasteiger partial charge in [-0.3, -0.25) is 4.79 Å². The maximum absolute atomic E-state index is 12.0. The van der Waals surface area contributed by atoms with Crippen LogP contribution in [0.15, 0.2) is 24.3 Å². The monoisotopic (exact) mass is 260 g/mol. The van der Waals surface area contributed by atoms with E-state index in [1.165, 1.54) is 24.0 Å². The van der Waals surface area contributed by atoms with Crippen molar-refractivity contribution in [3.05, 3.63) is 35.4 Å². The average Bonchev–Trinajstić information content (AvgIpc) is 3.20. The maximum Gasteiger partial charge on any atom is 0.236 e. The molecule has 1 atom stereocenters. The molecular weight excluding hydrogens is 236 g/mol. The van der Waals surface area contributed by atoms with Gasteiger partial charge in [0.1, 0.15) is 0 Å². The first-order chi connectivity index (χ1) is 9.08. The minimum Gasteiger partial charge on any atom is -0.344 e. The summed E-state index contributed by atoms with van der Waals surface area (Å²) in [4.78, 5) is 13.8. The lowest BCUT2D eigenvalue weighted by Gasteiger charge is -2.20. The highest BCUT2D eigenvalue weighted by Crippen LogP contribution is 2.29. The van der Waals surface area contributed by atoms with E-state index in [1.54, 1.807) is 0 Å². The smallest absolute Gasteiger partial charge is 0.236 e. The van der Waals surface area contributed by atoms with E-state index >= 15 is 0 Å². The van der Waals surface area contributed by atoms with Gasteiger partial charge >= 0.3 is 0 Å². The van der Waals surface area contributed by atoms with Crippen LogP contribution in [0.3, 0.4) is 0 Å². The first-order valence-electron chi connectivity index (χ1n) is 7.11. The summed E-state index contributed by atoms with van der Waals surface area (Å²) in [7, 11) is 1.90. The summed E-state index contributed by atoms with van der Waals surface area (Å²) in [5, 5.41) is 3.32. The first kappa shape index (κ1) is 14.1. The van der Waals surface area contributed by atoms with Crippen molar-refractivity contribution in [3.8, 4) is 0 Å². The second-order valence-electron chi connectivity index (χ2n) is 5.68. The standard InChI is InChI=1S/C16H24N2O/c1-12-6-4-5-7-15(12)13(2)17-10-16(19)18(3)11-14-8-9-14/h4-7,13-14,17H,8-11H2,1-3H3. The highest BCUT2D eigenvalue weighted by molar-refractivity contribution is 5.78. The molecule has 1 aliphatic rings. The number of aryl methyl sites for hydroxylation is 1. The zero-order valence-electron chi connectivity index (χ0n) is 12.1. The third-order valence-electron chi connectivity index (χ3n) is 3.87. The van der Waals surface area contributed by atoms with Crippen LogP contribution in [0.4, 0.5) is 0 Å². The molecule has 1 saturated carbocycles. The first-order valence-corrected chi connectivity index (χ1v) is 7.11. The molecule has 0 saturated heterocycles. The molecular formula is C16H24N2O. The van der Waals surface area contributed by atoms with E-state index in [2.05, 4.69) is 31.3 Å². The number of nitrogens with one attached hydrogen (secondary N) is 1. The van der Waals surface area contributed by atoms with E-state index in [4.69, 9.17) is 0 Å². The Morgan fingerprint density at radius 3 is 2.74 bits per heavy atom. The van der Waals surface area contributed by atoms with Gasteiger partial charge in [-0.2, -0.15) is 0 Å². The normalized spacial score (nSPS) is 16.2. The molecule has 2 rings (SSSR count). The summed E-state index contributed by atoms with van der Waals surface area (Å²) in [6, 6.07) is 8.52.